The maximum absolute atomic E-state index is 11.0. The molecule has 0 saturated heterocycles. The second-order valence-electron chi connectivity index (χ2n) is 2.93. The Morgan fingerprint density at radius 1 is 1.73 bits per heavy atom. The van der Waals surface area contributed by atoms with Gasteiger partial charge in [0.05, 0.1) is 6.42 Å². The van der Waals surface area contributed by atoms with Crippen molar-refractivity contribution in [1.82, 2.24) is 0 Å². The minimum Gasteiger partial charge on any atom is -0.461 e. The highest BCUT2D eigenvalue weighted by molar-refractivity contribution is 5.87. The van der Waals surface area contributed by atoms with Crippen molar-refractivity contribution < 1.29 is 29.2 Å². The van der Waals surface area contributed by atoms with E-state index in [1.807, 2.05) is 0 Å². The number of aliphatic hydroxyl groups is 1. The number of aliphatic hydroxyl groups excluding tert-OH is 1. The molecular weight excluding hydrogens is 202 g/mol. The summed E-state index contributed by atoms with van der Waals surface area (Å²) in [4.78, 5) is 24.4. The maximum Gasteiger partial charge on any atom is 0.553 e. The van der Waals surface area contributed by atoms with E-state index in [0.717, 1.165) is 0 Å². The molecule has 6 nitrogen and oxygen atoms in total. The predicted molar refractivity (Wildman–Crippen MR) is 48.9 cm³/mol. The van der Waals surface area contributed by atoms with Crippen LogP contribution in [0.15, 0.2) is 12.7 Å². The SMILES string of the molecule is C=CCOC(=O)CC[C@@H]1[NH+]=C(O)OC1=O. The summed E-state index contributed by atoms with van der Waals surface area (Å²) in [5, 5.41) is 8.81. The molecule has 0 aromatic carbocycles. The Kier molecular flexibility index (Phi) is 3.84. The summed E-state index contributed by atoms with van der Waals surface area (Å²) in [7, 11) is 0. The Morgan fingerprint density at radius 3 is 3.00 bits per heavy atom. The molecule has 1 atom stereocenters. The van der Waals surface area contributed by atoms with Crippen LogP contribution in [0.5, 0.6) is 0 Å². The number of nitrogens with one attached hydrogen (secondary N) is 1. The van der Waals surface area contributed by atoms with Crippen LogP contribution in [0.3, 0.4) is 0 Å². The van der Waals surface area contributed by atoms with Crippen LogP contribution in [0, 0.1) is 0 Å². The number of hydrogen-bond donors (Lipinski definition) is 2. The third-order valence-corrected chi connectivity index (χ3v) is 1.78. The molecule has 0 amide bonds. The Bertz CT molecular complexity index is 310. The zero-order valence-corrected chi connectivity index (χ0v) is 8.06. The van der Waals surface area contributed by atoms with Crippen molar-refractivity contribution in [3.05, 3.63) is 12.7 Å². The van der Waals surface area contributed by atoms with E-state index in [1.54, 1.807) is 0 Å². The van der Waals surface area contributed by atoms with E-state index in [4.69, 9.17) is 9.84 Å². The number of esters is 2. The van der Waals surface area contributed by atoms with Crippen LogP contribution in [0.25, 0.3) is 0 Å². The van der Waals surface area contributed by atoms with Crippen molar-refractivity contribution in [1.29, 1.82) is 0 Å². The van der Waals surface area contributed by atoms with Crippen molar-refractivity contribution in [2.75, 3.05) is 6.61 Å². The van der Waals surface area contributed by atoms with Crippen LogP contribution < -0.4 is 4.99 Å². The molecule has 1 aliphatic rings. The first-order valence-corrected chi connectivity index (χ1v) is 4.44. The second kappa shape index (κ2) is 5.14. The molecular formula is C9H12NO5+. The highest BCUT2D eigenvalue weighted by Gasteiger charge is 2.36. The zero-order valence-electron chi connectivity index (χ0n) is 8.06. The highest BCUT2D eigenvalue weighted by Crippen LogP contribution is 2.00. The van der Waals surface area contributed by atoms with Gasteiger partial charge in [0.25, 0.3) is 6.04 Å². The number of hydrogen-bond acceptors (Lipinski definition) is 4. The van der Waals surface area contributed by atoms with Crippen molar-refractivity contribution >= 4 is 18.0 Å². The van der Waals surface area contributed by atoms with Gasteiger partial charge in [-0.1, -0.05) is 12.7 Å². The summed E-state index contributed by atoms with van der Waals surface area (Å²) < 4.78 is 9.05. The van der Waals surface area contributed by atoms with Gasteiger partial charge in [-0.15, -0.1) is 0 Å². The molecule has 0 aromatic heterocycles. The molecule has 0 radical (unpaired) electrons. The third kappa shape index (κ3) is 3.41. The summed E-state index contributed by atoms with van der Waals surface area (Å²) >= 11 is 0. The number of carbonyl (C=O) groups is 2. The summed E-state index contributed by atoms with van der Waals surface area (Å²) in [6, 6.07) is -0.679. The first kappa shape index (κ1) is 11.2. The van der Waals surface area contributed by atoms with E-state index in [-0.39, 0.29) is 19.4 Å². The van der Waals surface area contributed by atoms with Gasteiger partial charge in [0.15, 0.2) is 0 Å². The quantitative estimate of drug-likeness (QED) is 0.426. The molecule has 0 aliphatic carbocycles. The molecule has 1 rings (SSSR count). The molecule has 0 saturated carbocycles. The topological polar surface area (TPSA) is 86.8 Å². The van der Waals surface area contributed by atoms with E-state index in [1.165, 1.54) is 6.08 Å². The summed E-state index contributed by atoms with van der Waals surface area (Å²) in [5.41, 5.74) is 0. The fraction of sp³-hybridized carbons (Fsp3) is 0.444. The lowest BCUT2D eigenvalue weighted by atomic mass is 10.2. The van der Waals surface area contributed by atoms with Gasteiger partial charge in [-0.05, 0) is 0 Å². The third-order valence-electron chi connectivity index (χ3n) is 1.78. The lowest BCUT2D eigenvalue weighted by Gasteiger charge is -2.00. The van der Waals surface area contributed by atoms with Crippen molar-refractivity contribution in [2.45, 2.75) is 18.9 Å². The molecule has 0 fully saturated rings. The van der Waals surface area contributed by atoms with E-state index in [9.17, 15) is 9.59 Å². The lowest BCUT2D eigenvalue weighted by Crippen LogP contribution is -2.77. The molecule has 6 heteroatoms. The van der Waals surface area contributed by atoms with Gasteiger partial charge in [-0.3, -0.25) is 4.79 Å². The van der Waals surface area contributed by atoms with E-state index in [0.29, 0.717) is 0 Å². The van der Waals surface area contributed by atoms with Crippen molar-refractivity contribution in [2.24, 2.45) is 0 Å². The molecule has 0 aromatic rings. The maximum atomic E-state index is 11.0. The van der Waals surface area contributed by atoms with Gasteiger partial charge in [-0.2, -0.15) is 4.99 Å². The lowest BCUT2D eigenvalue weighted by molar-refractivity contribution is -0.491. The summed E-state index contributed by atoms with van der Waals surface area (Å²) in [6.45, 7) is 3.54. The Hall–Kier alpha value is -1.85. The summed E-state index contributed by atoms with van der Waals surface area (Å²) in [6.07, 6.45) is 1.23. The van der Waals surface area contributed by atoms with Crippen LogP contribution in [0.4, 0.5) is 0 Å². The highest BCUT2D eigenvalue weighted by atomic mass is 16.6. The molecule has 0 spiro atoms. The van der Waals surface area contributed by atoms with E-state index < -0.39 is 24.1 Å². The fourth-order valence-corrected chi connectivity index (χ4v) is 1.08. The van der Waals surface area contributed by atoms with Crippen LogP contribution >= 0.6 is 0 Å². The molecule has 82 valence electrons. The zero-order chi connectivity index (χ0) is 11.3. The molecule has 0 unspecified atom stereocenters. The molecule has 1 heterocycles. The molecule has 1 aliphatic heterocycles. The predicted octanol–water partition coefficient (Wildman–Crippen LogP) is -1.58. The van der Waals surface area contributed by atoms with Gasteiger partial charge in [-0.25, -0.2) is 4.79 Å². The number of rotatable bonds is 5. The Labute approximate surface area is 86.2 Å². The average Bonchev–Trinajstić information content (AvgIpc) is 2.51. The first-order valence-electron chi connectivity index (χ1n) is 4.44. The van der Waals surface area contributed by atoms with Gasteiger partial charge < -0.3 is 14.6 Å². The number of cyclic esters (lactones) is 1. The molecule has 2 N–H and O–H groups in total. The fourth-order valence-electron chi connectivity index (χ4n) is 1.08. The van der Waals surface area contributed by atoms with E-state index >= 15 is 0 Å². The Balaban J connectivity index is 2.28. The van der Waals surface area contributed by atoms with Crippen LogP contribution in [-0.4, -0.2) is 35.8 Å². The van der Waals surface area contributed by atoms with Crippen LogP contribution in [-0.2, 0) is 19.1 Å². The standard InChI is InChI=1S/C9H11NO5/c1-2-5-14-7(11)4-3-6-8(12)15-9(13)10-6/h2,6H,1,3-5H2,(H,10,13)/p+1/t6-/m0/s1. The summed E-state index contributed by atoms with van der Waals surface area (Å²) in [5.74, 6) is -1.01. The van der Waals surface area contributed by atoms with Gasteiger partial charge in [0, 0.05) is 6.42 Å². The van der Waals surface area contributed by atoms with Crippen molar-refractivity contribution in [3.8, 4) is 0 Å². The first-order chi connectivity index (χ1) is 7.13. The molecule has 15 heavy (non-hydrogen) atoms. The normalized spacial score (nSPS) is 19.3. The Morgan fingerprint density at radius 2 is 2.47 bits per heavy atom. The second-order valence-corrected chi connectivity index (χ2v) is 2.93. The largest absolute Gasteiger partial charge is 0.553 e. The van der Waals surface area contributed by atoms with Gasteiger partial charge >= 0.3 is 18.0 Å². The van der Waals surface area contributed by atoms with Crippen LogP contribution in [0.2, 0.25) is 0 Å². The average molecular weight is 214 g/mol. The smallest absolute Gasteiger partial charge is 0.461 e. The number of carbonyl (C=O) groups excluding carboxylic acids is 2. The molecule has 0 bridgehead atoms. The van der Waals surface area contributed by atoms with Gasteiger partial charge in [0.2, 0.25) is 0 Å². The van der Waals surface area contributed by atoms with Crippen LogP contribution in [0.1, 0.15) is 12.8 Å². The van der Waals surface area contributed by atoms with Gasteiger partial charge in [0.1, 0.15) is 6.61 Å². The monoisotopic (exact) mass is 214 g/mol. The van der Waals surface area contributed by atoms with Crippen molar-refractivity contribution in [3.63, 3.8) is 0 Å². The number of ether oxygens (including phenoxy) is 2. The van der Waals surface area contributed by atoms with E-state index in [2.05, 4.69) is 16.3 Å². The minimum absolute atomic E-state index is 0.0773. The minimum atomic E-state index is -0.679.